The Hall–Kier alpha value is -2.89. The number of carbonyl (C=O) groups is 2. The molecule has 0 saturated heterocycles. The van der Waals surface area contributed by atoms with Crippen LogP contribution < -0.4 is 10.1 Å². The molecule has 0 fully saturated rings. The van der Waals surface area contributed by atoms with Gasteiger partial charge < -0.3 is 15.0 Å². The van der Waals surface area contributed by atoms with Crippen LogP contribution >= 0.6 is 0 Å². The summed E-state index contributed by atoms with van der Waals surface area (Å²) in [7, 11) is 1.53. The van der Waals surface area contributed by atoms with Crippen LogP contribution in [0.3, 0.4) is 0 Å². The van der Waals surface area contributed by atoms with E-state index in [0.717, 1.165) is 0 Å². The third kappa shape index (κ3) is 4.81. The molecule has 0 unspecified atom stereocenters. The molecule has 0 atom stereocenters. The normalized spacial score (nSPS) is 10.1. The van der Waals surface area contributed by atoms with Crippen LogP contribution in [0.15, 0.2) is 48.5 Å². The highest BCUT2D eigenvalue weighted by molar-refractivity contribution is 5.99. The minimum atomic E-state index is -0.438. The van der Waals surface area contributed by atoms with Gasteiger partial charge in [-0.1, -0.05) is 6.07 Å². The molecule has 0 saturated carbocycles. The first-order chi connectivity index (χ1) is 11.5. The second-order valence-corrected chi connectivity index (χ2v) is 5.18. The Morgan fingerprint density at radius 3 is 2.50 bits per heavy atom. The van der Waals surface area contributed by atoms with Gasteiger partial charge in [-0.05, 0) is 49.4 Å². The SMILES string of the molecule is CCOc1ccc(C(=O)N(C)CC(=O)Nc2cccc(F)c2)cc1. The van der Waals surface area contributed by atoms with E-state index in [-0.39, 0.29) is 12.5 Å². The third-order valence-electron chi connectivity index (χ3n) is 3.25. The molecule has 0 bridgehead atoms. The molecule has 0 spiro atoms. The molecule has 2 aromatic carbocycles. The Labute approximate surface area is 140 Å². The average molecular weight is 330 g/mol. The van der Waals surface area contributed by atoms with E-state index in [9.17, 15) is 14.0 Å². The zero-order chi connectivity index (χ0) is 17.5. The first kappa shape index (κ1) is 17.5. The number of anilines is 1. The fourth-order valence-electron chi connectivity index (χ4n) is 2.13. The topological polar surface area (TPSA) is 58.6 Å². The molecular formula is C18H19FN2O3. The molecule has 0 aliphatic carbocycles. The molecule has 0 aliphatic rings. The first-order valence-corrected chi connectivity index (χ1v) is 7.53. The number of amides is 2. The van der Waals surface area contributed by atoms with E-state index in [0.29, 0.717) is 23.6 Å². The predicted octanol–water partition coefficient (Wildman–Crippen LogP) is 2.94. The predicted molar refractivity (Wildman–Crippen MR) is 89.6 cm³/mol. The lowest BCUT2D eigenvalue weighted by atomic mass is 10.2. The van der Waals surface area contributed by atoms with Gasteiger partial charge in [0.1, 0.15) is 11.6 Å². The summed E-state index contributed by atoms with van der Waals surface area (Å²) in [4.78, 5) is 25.6. The lowest BCUT2D eigenvalue weighted by Crippen LogP contribution is -2.34. The number of hydrogen-bond donors (Lipinski definition) is 1. The largest absolute Gasteiger partial charge is 0.494 e. The molecular weight excluding hydrogens is 311 g/mol. The van der Waals surface area contributed by atoms with Crippen LogP contribution in [0.2, 0.25) is 0 Å². The molecule has 6 heteroatoms. The van der Waals surface area contributed by atoms with Gasteiger partial charge in [0.05, 0.1) is 13.2 Å². The highest BCUT2D eigenvalue weighted by Crippen LogP contribution is 2.14. The molecule has 5 nitrogen and oxygen atoms in total. The van der Waals surface area contributed by atoms with Crippen molar-refractivity contribution in [2.45, 2.75) is 6.92 Å². The minimum absolute atomic E-state index is 0.136. The number of rotatable bonds is 6. The second kappa shape index (κ2) is 8.10. The molecule has 126 valence electrons. The Bertz CT molecular complexity index is 716. The van der Waals surface area contributed by atoms with Gasteiger partial charge in [-0.3, -0.25) is 9.59 Å². The summed E-state index contributed by atoms with van der Waals surface area (Å²) in [6, 6.07) is 12.3. The summed E-state index contributed by atoms with van der Waals surface area (Å²) in [6.07, 6.45) is 0. The molecule has 2 amide bonds. The van der Waals surface area contributed by atoms with E-state index in [2.05, 4.69) is 5.32 Å². The first-order valence-electron chi connectivity index (χ1n) is 7.53. The van der Waals surface area contributed by atoms with Crippen LogP contribution in [0.5, 0.6) is 5.75 Å². The quantitative estimate of drug-likeness (QED) is 0.886. The second-order valence-electron chi connectivity index (χ2n) is 5.18. The Morgan fingerprint density at radius 1 is 1.17 bits per heavy atom. The van der Waals surface area contributed by atoms with E-state index in [4.69, 9.17) is 4.74 Å². The Kier molecular flexibility index (Phi) is 5.89. The van der Waals surface area contributed by atoms with Crippen molar-refractivity contribution in [3.05, 3.63) is 59.9 Å². The van der Waals surface area contributed by atoms with Crippen LogP contribution in [-0.4, -0.2) is 36.9 Å². The Morgan fingerprint density at radius 2 is 1.88 bits per heavy atom. The van der Waals surface area contributed by atoms with Crippen LogP contribution in [0.1, 0.15) is 17.3 Å². The Balaban J connectivity index is 1.94. The lowest BCUT2D eigenvalue weighted by molar-refractivity contribution is -0.116. The molecule has 24 heavy (non-hydrogen) atoms. The minimum Gasteiger partial charge on any atom is -0.494 e. The maximum atomic E-state index is 13.1. The molecule has 1 N–H and O–H groups in total. The summed E-state index contributed by atoms with van der Waals surface area (Å²) < 4.78 is 18.4. The zero-order valence-corrected chi connectivity index (χ0v) is 13.6. The van der Waals surface area contributed by atoms with E-state index >= 15 is 0 Å². The van der Waals surface area contributed by atoms with Crippen molar-refractivity contribution in [3.8, 4) is 5.75 Å². The maximum absolute atomic E-state index is 13.1. The number of nitrogens with zero attached hydrogens (tertiary/aromatic N) is 1. The number of hydrogen-bond acceptors (Lipinski definition) is 3. The molecule has 0 aliphatic heterocycles. The summed E-state index contributed by atoms with van der Waals surface area (Å²) >= 11 is 0. The summed E-state index contributed by atoms with van der Waals surface area (Å²) in [5.74, 6) is -0.443. The zero-order valence-electron chi connectivity index (χ0n) is 13.6. The van der Waals surface area contributed by atoms with E-state index in [1.807, 2.05) is 6.92 Å². The molecule has 2 rings (SSSR count). The molecule has 0 radical (unpaired) electrons. The highest BCUT2D eigenvalue weighted by Gasteiger charge is 2.15. The summed E-state index contributed by atoms with van der Waals surface area (Å²) in [5, 5.41) is 2.55. The highest BCUT2D eigenvalue weighted by atomic mass is 19.1. The van der Waals surface area contributed by atoms with Crippen molar-refractivity contribution >= 4 is 17.5 Å². The van der Waals surface area contributed by atoms with Crippen molar-refractivity contribution in [2.24, 2.45) is 0 Å². The van der Waals surface area contributed by atoms with Gasteiger partial charge in [0.25, 0.3) is 5.91 Å². The average Bonchev–Trinajstić information content (AvgIpc) is 2.55. The fourth-order valence-corrected chi connectivity index (χ4v) is 2.13. The maximum Gasteiger partial charge on any atom is 0.254 e. The van der Waals surface area contributed by atoms with Crippen LogP contribution in [0.4, 0.5) is 10.1 Å². The van der Waals surface area contributed by atoms with Gasteiger partial charge in [0.15, 0.2) is 0 Å². The molecule has 0 aromatic heterocycles. The van der Waals surface area contributed by atoms with E-state index in [1.54, 1.807) is 30.3 Å². The van der Waals surface area contributed by atoms with Crippen molar-refractivity contribution < 1.29 is 18.7 Å². The van der Waals surface area contributed by atoms with Crippen molar-refractivity contribution in [1.82, 2.24) is 4.90 Å². The van der Waals surface area contributed by atoms with Gasteiger partial charge in [-0.25, -0.2) is 4.39 Å². The van der Waals surface area contributed by atoms with E-state index in [1.165, 1.54) is 30.1 Å². The van der Waals surface area contributed by atoms with Gasteiger partial charge in [0.2, 0.25) is 5.91 Å². The number of halogens is 1. The standard InChI is InChI=1S/C18H19FN2O3/c1-3-24-16-9-7-13(8-10-16)18(23)21(2)12-17(22)20-15-6-4-5-14(19)11-15/h4-11H,3,12H2,1-2H3,(H,20,22). The van der Waals surface area contributed by atoms with Crippen molar-refractivity contribution in [1.29, 1.82) is 0 Å². The number of nitrogens with one attached hydrogen (secondary N) is 1. The monoisotopic (exact) mass is 330 g/mol. The van der Waals surface area contributed by atoms with Gasteiger partial charge in [0, 0.05) is 18.3 Å². The fraction of sp³-hybridized carbons (Fsp3) is 0.222. The summed E-state index contributed by atoms with van der Waals surface area (Å²) in [5.41, 5.74) is 0.807. The molecule has 2 aromatic rings. The van der Waals surface area contributed by atoms with E-state index < -0.39 is 11.7 Å². The third-order valence-corrected chi connectivity index (χ3v) is 3.25. The lowest BCUT2D eigenvalue weighted by Gasteiger charge is -2.17. The number of likely N-dealkylation sites (N-methyl/N-ethyl adjacent to an activating group) is 1. The number of benzene rings is 2. The number of ether oxygens (including phenoxy) is 1. The smallest absolute Gasteiger partial charge is 0.254 e. The van der Waals surface area contributed by atoms with Gasteiger partial charge in [-0.2, -0.15) is 0 Å². The van der Waals surface area contributed by atoms with Gasteiger partial charge >= 0.3 is 0 Å². The number of carbonyl (C=O) groups excluding carboxylic acids is 2. The van der Waals surface area contributed by atoms with Crippen LogP contribution in [0.25, 0.3) is 0 Å². The summed E-state index contributed by atoms with van der Waals surface area (Å²) in [6.45, 7) is 2.29. The van der Waals surface area contributed by atoms with Crippen molar-refractivity contribution in [3.63, 3.8) is 0 Å². The van der Waals surface area contributed by atoms with Crippen LogP contribution in [-0.2, 0) is 4.79 Å². The van der Waals surface area contributed by atoms with Gasteiger partial charge in [-0.15, -0.1) is 0 Å². The van der Waals surface area contributed by atoms with Crippen molar-refractivity contribution in [2.75, 3.05) is 25.5 Å². The van der Waals surface area contributed by atoms with Crippen LogP contribution in [0, 0.1) is 5.82 Å². The molecule has 0 heterocycles.